The van der Waals surface area contributed by atoms with Crippen molar-refractivity contribution in [3.63, 3.8) is 0 Å². The summed E-state index contributed by atoms with van der Waals surface area (Å²) >= 11 is 0. The first-order chi connectivity index (χ1) is 6.58. The van der Waals surface area contributed by atoms with Gasteiger partial charge < -0.3 is 10.2 Å². The van der Waals surface area contributed by atoms with Crippen LogP contribution in [0.15, 0.2) is 16.5 Å². The fraction of sp³-hybridized carbons (Fsp3) is 0.500. The molecular formula is C10H16N2O2. The van der Waals surface area contributed by atoms with Gasteiger partial charge in [-0.1, -0.05) is 0 Å². The number of anilines is 1. The normalized spacial score (nSPS) is 12.5. The van der Waals surface area contributed by atoms with Crippen molar-refractivity contribution in [1.82, 2.24) is 0 Å². The zero-order valence-electron chi connectivity index (χ0n) is 8.54. The Hall–Kier alpha value is -1.29. The van der Waals surface area contributed by atoms with Crippen molar-refractivity contribution in [1.29, 1.82) is 0 Å². The van der Waals surface area contributed by atoms with Gasteiger partial charge in [-0.3, -0.25) is 10.1 Å². The molecule has 0 saturated carbocycles. The third kappa shape index (κ3) is 3.62. The number of carbonyl (C=O) groups excluding carboxylic acids is 1. The van der Waals surface area contributed by atoms with E-state index in [0.717, 1.165) is 5.76 Å². The molecule has 1 atom stereocenters. The zero-order chi connectivity index (χ0) is 10.6. The molecule has 1 unspecified atom stereocenters. The molecule has 1 rings (SSSR count). The molecule has 1 aromatic heterocycles. The van der Waals surface area contributed by atoms with Gasteiger partial charge in [-0.25, -0.2) is 0 Å². The second-order valence-electron chi connectivity index (χ2n) is 3.47. The van der Waals surface area contributed by atoms with Gasteiger partial charge in [-0.15, -0.1) is 0 Å². The molecule has 0 aliphatic heterocycles. The van der Waals surface area contributed by atoms with Crippen molar-refractivity contribution in [2.45, 2.75) is 32.7 Å². The van der Waals surface area contributed by atoms with Gasteiger partial charge >= 0.3 is 0 Å². The highest BCUT2D eigenvalue weighted by Crippen LogP contribution is 2.12. The van der Waals surface area contributed by atoms with Crippen molar-refractivity contribution in [2.75, 3.05) is 5.32 Å². The molecule has 78 valence electrons. The summed E-state index contributed by atoms with van der Waals surface area (Å²) in [7, 11) is 0. The molecule has 0 saturated heterocycles. The Morgan fingerprint density at radius 2 is 2.36 bits per heavy atom. The topological polar surface area (TPSA) is 68.3 Å². The predicted molar refractivity (Wildman–Crippen MR) is 55.0 cm³/mol. The molecule has 0 bridgehead atoms. The molecule has 1 heterocycles. The summed E-state index contributed by atoms with van der Waals surface area (Å²) in [5.41, 5.74) is 5.53. The number of hydrogen-bond acceptors (Lipinski definition) is 3. The Balaban J connectivity index is 2.34. The van der Waals surface area contributed by atoms with E-state index in [4.69, 9.17) is 10.2 Å². The Kier molecular flexibility index (Phi) is 3.71. The lowest BCUT2D eigenvalue weighted by atomic mass is 10.2. The quantitative estimate of drug-likeness (QED) is 0.769. The first-order valence-corrected chi connectivity index (χ1v) is 4.70. The van der Waals surface area contributed by atoms with Crippen LogP contribution in [0.1, 0.15) is 25.5 Å². The fourth-order valence-corrected chi connectivity index (χ4v) is 1.06. The standard InChI is InChI=1S/C10H16N2O2/c1-7(11)3-5-9(13)12-10-6-4-8(2)14-10/h4,6-7H,3,5,11H2,1-2H3,(H,12,13). The van der Waals surface area contributed by atoms with Gasteiger partial charge in [0.1, 0.15) is 5.76 Å². The maximum Gasteiger partial charge on any atom is 0.226 e. The summed E-state index contributed by atoms with van der Waals surface area (Å²) < 4.78 is 5.20. The second kappa shape index (κ2) is 4.81. The number of nitrogens with one attached hydrogen (secondary N) is 1. The van der Waals surface area contributed by atoms with Crippen LogP contribution in [0.4, 0.5) is 5.88 Å². The van der Waals surface area contributed by atoms with Crippen LogP contribution in [-0.2, 0) is 4.79 Å². The summed E-state index contributed by atoms with van der Waals surface area (Å²) in [6.45, 7) is 3.71. The van der Waals surface area contributed by atoms with Crippen LogP contribution in [-0.4, -0.2) is 11.9 Å². The minimum Gasteiger partial charge on any atom is -0.446 e. The molecule has 0 radical (unpaired) electrons. The third-order valence-corrected chi connectivity index (χ3v) is 1.83. The largest absolute Gasteiger partial charge is 0.446 e. The summed E-state index contributed by atoms with van der Waals surface area (Å²) in [5.74, 6) is 1.22. The lowest BCUT2D eigenvalue weighted by Crippen LogP contribution is -2.19. The average molecular weight is 196 g/mol. The van der Waals surface area contributed by atoms with Gasteiger partial charge in [0.25, 0.3) is 0 Å². The maximum atomic E-state index is 11.3. The van der Waals surface area contributed by atoms with E-state index in [9.17, 15) is 4.79 Å². The maximum absolute atomic E-state index is 11.3. The number of aryl methyl sites for hydroxylation is 1. The van der Waals surface area contributed by atoms with Crippen molar-refractivity contribution >= 4 is 11.8 Å². The summed E-state index contributed by atoms with van der Waals surface area (Å²) in [5, 5.41) is 2.66. The minimum atomic E-state index is -0.0587. The van der Waals surface area contributed by atoms with Gasteiger partial charge in [-0.2, -0.15) is 0 Å². The van der Waals surface area contributed by atoms with Crippen LogP contribution in [0.5, 0.6) is 0 Å². The highest BCUT2D eigenvalue weighted by atomic mass is 16.4. The van der Waals surface area contributed by atoms with Crippen molar-refractivity contribution in [2.24, 2.45) is 5.73 Å². The summed E-state index contributed by atoms with van der Waals surface area (Å²) in [4.78, 5) is 11.3. The Morgan fingerprint density at radius 1 is 1.64 bits per heavy atom. The van der Waals surface area contributed by atoms with Gasteiger partial charge in [0.05, 0.1) is 0 Å². The van der Waals surface area contributed by atoms with Crippen molar-refractivity contribution in [3.05, 3.63) is 17.9 Å². The Bertz CT molecular complexity index is 305. The lowest BCUT2D eigenvalue weighted by Gasteiger charge is -2.04. The van der Waals surface area contributed by atoms with Gasteiger partial charge in [0.15, 0.2) is 5.88 Å². The summed E-state index contributed by atoms with van der Waals surface area (Å²) in [6, 6.07) is 3.60. The SMILES string of the molecule is Cc1ccc(NC(=O)CCC(C)N)o1. The van der Waals surface area contributed by atoms with Crippen LogP contribution in [0.3, 0.4) is 0 Å². The minimum absolute atomic E-state index is 0.0547. The van der Waals surface area contributed by atoms with Gasteiger partial charge in [0.2, 0.25) is 5.91 Å². The first kappa shape index (κ1) is 10.8. The van der Waals surface area contributed by atoms with Crippen LogP contribution >= 0.6 is 0 Å². The van der Waals surface area contributed by atoms with E-state index in [-0.39, 0.29) is 11.9 Å². The molecule has 0 aromatic carbocycles. The highest BCUT2D eigenvalue weighted by Gasteiger charge is 2.05. The first-order valence-electron chi connectivity index (χ1n) is 4.70. The molecule has 4 nitrogen and oxygen atoms in total. The van der Waals surface area contributed by atoms with Gasteiger partial charge in [-0.05, 0) is 26.3 Å². The number of nitrogens with two attached hydrogens (primary N) is 1. The number of hydrogen-bond donors (Lipinski definition) is 2. The van der Waals surface area contributed by atoms with Crippen LogP contribution in [0, 0.1) is 6.92 Å². The zero-order valence-corrected chi connectivity index (χ0v) is 8.54. The van der Waals surface area contributed by atoms with E-state index in [2.05, 4.69) is 5.32 Å². The van der Waals surface area contributed by atoms with Crippen LogP contribution < -0.4 is 11.1 Å². The number of carbonyl (C=O) groups is 1. The summed E-state index contributed by atoms with van der Waals surface area (Å²) in [6.07, 6.45) is 1.11. The molecule has 1 amide bonds. The molecule has 0 aliphatic carbocycles. The average Bonchev–Trinajstić information content (AvgIpc) is 2.48. The van der Waals surface area contributed by atoms with E-state index in [0.29, 0.717) is 18.7 Å². The number of rotatable bonds is 4. The smallest absolute Gasteiger partial charge is 0.226 e. The lowest BCUT2D eigenvalue weighted by molar-refractivity contribution is -0.116. The third-order valence-electron chi connectivity index (χ3n) is 1.83. The van der Waals surface area contributed by atoms with Crippen molar-refractivity contribution < 1.29 is 9.21 Å². The Labute approximate surface area is 83.5 Å². The van der Waals surface area contributed by atoms with E-state index in [1.807, 2.05) is 13.8 Å². The molecule has 14 heavy (non-hydrogen) atoms. The number of furan rings is 1. The highest BCUT2D eigenvalue weighted by molar-refractivity contribution is 5.89. The Morgan fingerprint density at radius 3 is 2.86 bits per heavy atom. The van der Waals surface area contributed by atoms with E-state index in [1.54, 1.807) is 12.1 Å². The van der Waals surface area contributed by atoms with E-state index in [1.165, 1.54) is 0 Å². The molecule has 0 spiro atoms. The van der Waals surface area contributed by atoms with Crippen molar-refractivity contribution in [3.8, 4) is 0 Å². The molecular weight excluding hydrogens is 180 g/mol. The molecule has 0 fully saturated rings. The van der Waals surface area contributed by atoms with E-state index < -0.39 is 0 Å². The molecule has 3 N–H and O–H groups in total. The molecule has 4 heteroatoms. The fourth-order valence-electron chi connectivity index (χ4n) is 1.06. The molecule has 1 aromatic rings. The monoisotopic (exact) mass is 196 g/mol. The second-order valence-corrected chi connectivity index (χ2v) is 3.47. The molecule has 0 aliphatic rings. The van der Waals surface area contributed by atoms with E-state index >= 15 is 0 Å². The van der Waals surface area contributed by atoms with Crippen LogP contribution in [0.25, 0.3) is 0 Å². The van der Waals surface area contributed by atoms with Gasteiger partial charge in [0, 0.05) is 18.5 Å². The number of amides is 1. The van der Waals surface area contributed by atoms with Crippen LogP contribution in [0.2, 0.25) is 0 Å². The predicted octanol–water partition coefficient (Wildman–Crippen LogP) is 1.65.